The van der Waals surface area contributed by atoms with E-state index in [0.717, 1.165) is 29.9 Å². The molecule has 0 aliphatic carbocycles. The average molecular weight is 240 g/mol. The highest BCUT2D eigenvalue weighted by Gasteiger charge is 2.14. The molecule has 5 heteroatoms. The second-order valence-electron chi connectivity index (χ2n) is 4.40. The van der Waals surface area contributed by atoms with E-state index in [4.69, 9.17) is 10.5 Å². The fourth-order valence-corrected chi connectivity index (χ4v) is 1.95. The second-order valence-corrected chi connectivity index (χ2v) is 4.40. The topological polar surface area (TPSA) is 65.1 Å². The molecule has 1 aromatic heterocycles. The van der Waals surface area contributed by atoms with Crippen LogP contribution < -0.4 is 11.1 Å². The Morgan fingerprint density at radius 3 is 2.65 bits per heavy atom. The molecule has 1 rings (SSSR count). The first kappa shape index (κ1) is 14.0. The van der Waals surface area contributed by atoms with E-state index in [1.54, 1.807) is 7.11 Å². The first-order valence-electron chi connectivity index (χ1n) is 6.05. The zero-order valence-electron chi connectivity index (χ0n) is 11.3. The SMILES string of the molecule is COCC(CCCN)Nc1c(C)nn(C)c1C. The molecule has 1 aromatic rings. The molecule has 0 aliphatic heterocycles. The van der Waals surface area contributed by atoms with Gasteiger partial charge in [-0.25, -0.2) is 0 Å². The van der Waals surface area contributed by atoms with Crippen molar-refractivity contribution in [2.24, 2.45) is 12.8 Å². The molecule has 3 N–H and O–H groups in total. The molecule has 0 fully saturated rings. The summed E-state index contributed by atoms with van der Waals surface area (Å²) in [5.74, 6) is 0. The van der Waals surface area contributed by atoms with Crippen molar-refractivity contribution in [2.45, 2.75) is 32.7 Å². The number of nitrogens with zero attached hydrogens (tertiary/aromatic N) is 2. The van der Waals surface area contributed by atoms with Crippen LogP contribution in [0.4, 0.5) is 5.69 Å². The van der Waals surface area contributed by atoms with Crippen LogP contribution in [-0.2, 0) is 11.8 Å². The minimum absolute atomic E-state index is 0.296. The summed E-state index contributed by atoms with van der Waals surface area (Å²) < 4.78 is 7.12. The van der Waals surface area contributed by atoms with Gasteiger partial charge in [-0.1, -0.05) is 0 Å². The Morgan fingerprint density at radius 1 is 1.47 bits per heavy atom. The Bertz CT molecular complexity index is 349. The largest absolute Gasteiger partial charge is 0.383 e. The Hall–Kier alpha value is -1.07. The van der Waals surface area contributed by atoms with Crippen LogP contribution in [0.25, 0.3) is 0 Å². The van der Waals surface area contributed by atoms with Gasteiger partial charge in [0, 0.05) is 20.2 Å². The van der Waals surface area contributed by atoms with E-state index < -0.39 is 0 Å². The van der Waals surface area contributed by atoms with Crippen molar-refractivity contribution in [1.82, 2.24) is 9.78 Å². The first-order valence-corrected chi connectivity index (χ1v) is 6.05. The number of aryl methyl sites for hydroxylation is 2. The summed E-state index contributed by atoms with van der Waals surface area (Å²) in [5, 5.41) is 7.90. The van der Waals surface area contributed by atoms with Gasteiger partial charge in [-0.05, 0) is 33.2 Å². The van der Waals surface area contributed by atoms with Crippen LogP contribution in [0.1, 0.15) is 24.2 Å². The van der Waals surface area contributed by atoms with Crippen molar-refractivity contribution in [1.29, 1.82) is 0 Å². The van der Waals surface area contributed by atoms with E-state index in [-0.39, 0.29) is 0 Å². The Kier molecular flexibility index (Phi) is 5.44. The highest BCUT2D eigenvalue weighted by molar-refractivity contribution is 5.52. The van der Waals surface area contributed by atoms with E-state index in [1.165, 1.54) is 0 Å². The summed E-state index contributed by atoms with van der Waals surface area (Å²) in [5.41, 5.74) is 8.84. The predicted octanol–water partition coefficient (Wildman–Crippen LogP) is 1.20. The van der Waals surface area contributed by atoms with Crippen LogP contribution in [0.5, 0.6) is 0 Å². The minimum Gasteiger partial charge on any atom is -0.383 e. The molecule has 0 spiro atoms. The lowest BCUT2D eigenvalue weighted by molar-refractivity contribution is 0.182. The van der Waals surface area contributed by atoms with Gasteiger partial charge in [0.2, 0.25) is 0 Å². The van der Waals surface area contributed by atoms with Gasteiger partial charge in [0.05, 0.1) is 23.7 Å². The van der Waals surface area contributed by atoms with Crippen LogP contribution in [0.2, 0.25) is 0 Å². The van der Waals surface area contributed by atoms with Crippen molar-refractivity contribution in [3.05, 3.63) is 11.4 Å². The summed E-state index contributed by atoms with van der Waals surface area (Å²) in [7, 11) is 3.68. The van der Waals surface area contributed by atoms with Crippen LogP contribution >= 0.6 is 0 Å². The third kappa shape index (κ3) is 3.71. The zero-order chi connectivity index (χ0) is 12.8. The lowest BCUT2D eigenvalue weighted by atomic mass is 10.1. The van der Waals surface area contributed by atoms with Gasteiger partial charge in [-0.2, -0.15) is 5.10 Å². The van der Waals surface area contributed by atoms with Gasteiger partial charge in [0.25, 0.3) is 0 Å². The number of rotatable bonds is 7. The summed E-state index contributed by atoms with van der Waals surface area (Å²) in [6.45, 7) is 5.48. The summed E-state index contributed by atoms with van der Waals surface area (Å²) in [6.07, 6.45) is 2.01. The number of ether oxygens (including phenoxy) is 1. The van der Waals surface area contributed by atoms with Crippen molar-refractivity contribution in [3.63, 3.8) is 0 Å². The van der Waals surface area contributed by atoms with Crippen LogP contribution in [0.15, 0.2) is 0 Å². The predicted molar refractivity (Wildman–Crippen MR) is 70.3 cm³/mol. The van der Waals surface area contributed by atoms with Gasteiger partial charge >= 0.3 is 0 Å². The van der Waals surface area contributed by atoms with Gasteiger partial charge in [-0.15, -0.1) is 0 Å². The van der Waals surface area contributed by atoms with Crippen LogP contribution in [0, 0.1) is 13.8 Å². The van der Waals surface area contributed by atoms with Crippen molar-refractivity contribution >= 4 is 5.69 Å². The zero-order valence-corrected chi connectivity index (χ0v) is 11.3. The molecule has 0 aromatic carbocycles. The number of hydrogen-bond acceptors (Lipinski definition) is 4. The maximum absolute atomic E-state index is 5.55. The molecule has 0 saturated heterocycles. The first-order chi connectivity index (χ1) is 8.10. The number of anilines is 1. The smallest absolute Gasteiger partial charge is 0.0827 e. The normalized spacial score (nSPS) is 12.8. The molecular formula is C12H24N4O. The molecule has 5 nitrogen and oxygen atoms in total. The molecule has 0 aliphatic rings. The molecular weight excluding hydrogens is 216 g/mol. The number of nitrogens with two attached hydrogens (primary N) is 1. The average Bonchev–Trinajstić information content (AvgIpc) is 2.53. The van der Waals surface area contributed by atoms with Crippen molar-refractivity contribution < 1.29 is 4.74 Å². The van der Waals surface area contributed by atoms with E-state index in [0.29, 0.717) is 19.2 Å². The number of methoxy groups -OCH3 is 1. The number of hydrogen-bond donors (Lipinski definition) is 2. The highest BCUT2D eigenvalue weighted by Crippen LogP contribution is 2.20. The molecule has 98 valence electrons. The minimum atomic E-state index is 0.296. The Morgan fingerprint density at radius 2 is 2.18 bits per heavy atom. The van der Waals surface area contributed by atoms with Crippen molar-refractivity contribution in [3.8, 4) is 0 Å². The lowest BCUT2D eigenvalue weighted by Gasteiger charge is -2.19. The monoisotopic (exact) mass is 240 g/mol. The molecule has 0 bridgehead atoms. The van der Waals surface area contributed by atoms with E-state index in [1.807, 2.05) is 18.7 Å². The van der Waals surface area contributed by atoms with Crippen LogP contribution in [-0.4, -0.2) is 36.1 Å². The Balaban J connectivity index is 2.70. The third-order valence-electron chi connectivity index (χ3n) is 2.98. The summed E-state index contributed by atoms with van der Waals surface area (Å²) in [4.78, 5) is 0. The molecule has 0 saturated carbocycles. The number of nitrogens with one attached hydrogen (secondary N) is 1. The summed E-state index contributed by atoms with van der Waals surface area (Å²) in [6, 6.07) is 0.296. The third-order valence-corrected chi connectivity index (χ3v) is 2.98. The van der Waals surface area contributed by atoms with E-state index in [9.17, 15) is 0 Å². The molecule has 0 amide bonds. The fraction of sp³-hybridized carbons (Fsp3) is 0.750. The maximum Gasteiger partial charge on any atom is 0.0827 e. The molecule has 17 heavy (non-hydrogen) atoms. The highest BCUT2D eigenvalue weighted by atomic mass is 16.5. The summed E-state index contributed by atoms with van der Waals surface area (Å²) >= 11 is 0. The van der Waals surface area contributed by atoms with Gasteiger partial charge in [-0.3, -0.25) is 4.68 Å². The molecule has 1 unspecified atom stereocenters. The van der Waals surface area contributed by atoms with Gasteiger partial charge in [0.1, 0.15) is 0 Å². The lowest BCUT2D eigenvalue weighted by Crippen LogP contribution is -2.26. The quantitative estimate of drug-likeness (QED) is 0.751. The Labute approximate surface area is 103 Å². The molecule has 1 heterocycles. The number of aromatic nitrogens is 2. The molecule has 1 atom stereocenters. The van der Waals surface area contributed by atoms with E-state index in [2.05, 4.69) is 17.3 Å². The fourth-order valence-electron chi connectivity index (χ4n) is 1.95. The van der Waals surface area contributed by atoms with Gasteiger partial charge < -0.3 is 15.8 Å². The maximum atomic E-state index is 5.55. The van der Waals surface area contributed by atoms with E-state index >= 15 is 0 Å². The molecule has 0 radical (unpaired) electrons. The second kappa shape index (κ2) is 6.61. The standard InChI is InChI=1S/C12H24N4O/c1-9-12(10(2)16(3)15-9)14-11(8-17-4)6-5-7-13/h11,14H,5-8,13H2,1-4H3. The van der Waals surface area contributed by atoms with Crippen molar-refractivity contribution in [2.75, 3.05) is 25.6 Å². The van der Waals surface area contributed by atoms with Gasteiger partial charge in [0.15, 0.2) is 0 Å². The van der Waals surface area contributed by atoms with Crippen LogP contribution in [0.3, 0.4) is 0 Å².